The monoisotopic (exact) mass is 214 g/mol. The molecule has 0 aliphatic rings. The summed E-state index contributed by atoms with van der Waals surface area (Å²) in [5, 5.41) is 5.02. The Balaban J connectivity index is 2.27. The number of benzene rings is 1. The van der Waals surface area contributed by atoms with E-state index in [2.05, 4.69) is 17.1 Å². The smallest absolute Gasteiger partial charge is 0.116 e. The topological polar surface area (TPSA) is 34.5 Å². The molecule has 1 heterocycles. The van der Waals surface area contributed by atoms with Crippen LogP contribution < -0.4 is 0 Å². The third-order valence-electron chi connectivity index (χ3n) is 2.24. The molecule has 0 aliphatic carbocycles. The SMILES string of the molecule is CCCO/N=C/c1ccnc2ccccc12. The van der Waals surface area contributed by atoms with Crippen molar-refractivity contribution in [2.75, 3.05) is 6.61 Å². The summed E-state index contributed by atoms with van der Waals surface area (Å²) in [5.74, 6) is 0. The molecule has 0 amide bonds. The molecule has 0 aliphatic heterocycles. The zero-order valence-corrected chi connectivity index (χ0v) is 9.26. The van der Waals surface area contributed by atoms with Gasteiger partial charge in [-0.2, -0.15) is 0 Å². The zero-order chi connectivity index (χ0) is 11.2. The number of oxime groups is 1. The summed E-state index contributed by atoms with van der Waals surface area (Å²) in [6, 6.07) is 9.92. The average molecular weight is 214 g/mol. The molecule has 0 saturated carbocycles. The summed E-state index contributed by atoms with van der Waals surface area (Å²) in [6.45, 7) is 2.71. The molecule has 16 heavy (non-hydrogen) atoms. The Morgan fingerprint density at radius 2 is 2.19 bits per heavy atom. The van der Waals surface area contributed by atoms with Gasteiger partial charge in [0.15, 0.2) is 0 Å². The van der Waals surface area contributed by atoms with Crippen LogP contribution >= 0.6 is 0 Å². The van der Waals surface area contributed by atoms with Crippen LogP contribution in [0.3, 0.4) is 0 Å². The standard InChI is InChI=1S/C13H14N2O/c1-2-9-16-15-10-11-7-8-14-13-6-4-3-5-12(11)13/h3-8,10H,2,9H2,1H3/b15-10+. The van der Waals surface area contributed by atoms with Gasteiger partial charge >= 0.3 is 0 Å². The van der Waals surface area contributed by atoms with E-state index in [1.807, 2.05) is 30.3 Å². The van der Waals surface area contributed by atoms with Crippen LogP contribution in [0.5, 0.6) is 0 Å². The summed E-state index contributed by atoms with van der Waals surface area (Å²) < 4.78 is 0. The molecule has 0 bridgehead atoms. The van der Waals surface area contributed by atoms with Gasteiger partial charge in [-0.25, -0.2) is 0 Å². The van der Waals surface area contributed by atoms with Crippen molar-refractivity contribution in [3.63, 3.8) is 0 Å². The van der Waals surface area contributed by atoms with Crippen LogP contribution in [-0.2, 0) is 4.84 Å². The largest absolute Gasteiger partial charge is 0.396 e. The number of pyridine rings is 1. The van der Waals surface area contributed by atoms with Crippen LogP contribution in [0.25, 0.3) is 10.9 Å². The van der Waals surface area contributed by atoms with Crippen LogP contribution in [0.15, 0.2) is 41.7 Å². The van der Waals surface area contributed by atoms with E-state index in [4.69, 9.17) is 4.84 Å². The molecule has 2 rings (SSSR count). The maximum atomic E-state index is 5.08. The van der Waals surface area contributed by atoms with E-state index in [1.54, 1.807) is 12.4 Å². The van der Waals surface area contributed by atoms with Crippen molar-refractivity contribution in [2.45, 2.75) is 13.3 Å². The van der Waals surface area contributed by atoms with Crippen molar-refractivity contribution in [3.8, 4) is 0 Å². The molecule has 3 heteroatoms. The van der Waals surface area contributed by atoms with Gasteiger partial charge in [0.25, 0.3) is 0 Å². The van der Waals surface area contributed by atoms with Crippen molar-refractivity contribution in [1.82, 2.24) is 4.98 Å². The van der Waals surface area contributed by atoms with Gasteiger partial charge < -0.3 is 4.84 Å². The molecule has 2 aromatic rings. The molecular weight excluding hydrogens is 200 g/mol. The summed E-state index contributed by atoms with van der Waals surface area (Å²) >= 11 is 0. The summed E-state index contributed by atoms with van der Waals surface area (Å²) in [7, 11) is 0. The molecule has 0 N–H and O–H groups in total. The van der Waals surface area contributed by atoms with E-state index in [9.17, 15) is 0 Å². The van der Waals surface area contributed by atoms with Crippen LogP contribution in [0.4, 0.5) is 0 Å². The van der Waals surface area contributed by atoms with Gasteiger partial charge in [-0.05, 0) is 18.6 Å². The molecule has 0 unspecified atom stereocenters. The van der Waals surface area contributed by atoms with Crippen LogP contribution in [-0.4, -0.2) is 17.8 Å². The van der Waals surface area contributed by atoms with Gasteiger partial charge in [-0.3, -0.25) is 4.98 Å². The Labute approximate surface area is 94.8 Å². The van der Waals surface area contributed by atoms with Crippen molar-refractivity contribution in [1.29, 1.82) is 0 Å². The Morgan fingerprint density at radius 3 is 3.06 bits per heavy atom. The second kappa shape index (κ2) is 5.26. The molecule has 0 fully saturated rings. The summed E-state index contributed by atoms with van der Waals surface area (Å²) in [5.41, 5.74) is 2.00. The average Bonchev–Trinajstić information content (AvgIpc) is 2.35. The van der Waals surface area contributed by atoms with Gasteiger partial charge in [0.1, 0.15) is 6.61 Å². The van der Waals surface area contributed by atoms with E-state index in [0.717, 1.165) is 22.9 Å². The predicted molar refractivity (Wildman–Crippen MR) is 65.6 cm³/mol. The molecule has 82 valence electrons. The fourth-order valence-corrected chi connectivity index (χ4v) is 1.47. The van der Waals surface area contributed by atoms with E-state index >= 15 is 0 Å². The zero-order valence-electron chi connectivity index (χ0n) is 9.26. The third kappa shape index (κ3) is 2.37. The fraction of sp³-hybridized carbons (Fsp3) is 0.231. The van der Waals surface area contributed by atoms with Gasteiger partial charge in [0.05, 0.1) is 11.7 Å². The lowest BCUT2D eigenvalue weighted by Gasteiger charge is -2.00. The number of fused-ring (bicyclic) bond motifs is 1. The second-order valence-corrected chi connectivity index (χ2v) is 3.49. The van der Waals surface area contributed by atoms with Gasteiger partial charge in [-0.1, -0.05) is 30.3 Å². The van der Waals surface area contributed by atoms with E-state index in [-0.39, 0.29) is 0 Å². The van der Waals surface area contributed by atoms with Crippen molar-refractivity contribution in [3.05, 3.63) is 42.1 Å². The maximum Gasteiger partial charge on any atom is 0.116 e. The first kappa shape index (κ1) is 10.6. The normalized spacial score (nSPS) is 11.1. The van der Waals surface area contributed by atoms with Crippen LogP contribution in [0, 0.1) is 0 Å². The highest BCUT2D eigenvalue weighted by molar-refractivity contribution is 5.97. The lowest BCUT2D eigenvalue weighted by Crippen LogP contribution is -1.89. The third-order valence-corrected chi connectivity index (χ3v) is 2.24. The Morgan fingerprint density at radius 1 is 1.31 bits per heavy atom. The maximum absolute atomic E-state index is 5.08. The number of aromatic nitrogens is 1. The highest BCUT2D eigenvalue weighted by Gasteiger charge is 1.97. The van der Waals surface area contributed by atoms with Crippen LogP contribution in [0.1, 0.15) is 18.9 Å². The molecule has 3 nitrogen and oxygen atoms in total. The van der Waals surface area contributed by atoms with Gasteiger partial charge in [0.2, 0.25) is 0 Å². The number of hydrogen-bond acceptors (Lipinski definition) is 3. The Bertz CT molecular complexity index is 489. The molecule has 0 atom stereocenters. The minimum atomic E-state index is 0.652. The first-order valence-electron chi connectivity index (χ1n) is 5.41. The van der Waals surface area contributed by atoms with Crippen molar-refractivity contribution >= 4 is 17.1 Å². The molecule has 0 radical (unpaired) electrons. The first-order valence-corrected chi connectivity index (χ1v) is 5.41. The number of hydrogen-bond donors (Lipinski definition) is 0. The van der Waals surface area contributed by atoms with Crippen LogP contribution in [0.2, 0.25) is 0 Å². The summed E-state index contributed by atoms with van der Waals surface area (Å²) in [6.07, 6.45) is 4.48. The lowest BCUT2D eigenvalue weighted by molar-refractivity contribution is 0.146. The lowest BCUT2D eigenvalue weighted by atomic mass is 10.1. The van der Waals surface area contributed by atoms with Gasteiger partial charge in [-0.15, -0.1) is 0 Å². The molecule has 1 aromatic heterocycles. The number of rotatable bonds is 4. The van der Waals surface area contributed by atoms with E-state index < -0.39 is 0 Å². The minimum absolute atomic E-state index is 0.652. The van der Waals surface area contributed by atoms with E-state index in [0.29, 0.717) is 6.61 Å². The van der Waals surface area contributed by atoms with Crippen molar-refractivity contribution in [2.24, 2.45) is 5.16 Å². The molecule has 1 aromatic carbocycles. The quantitative estimate of drug-likeness (QED) is 0.445. The van der Waals surface area contributed by atoms with Gasteiger partial charge in [0, 0.05) is 17.1 Å². The highest BCUT2D eigenvalue weighted by Crippen LogP contribution is 2.14. The molecular formula is C13H14N2O. The Kier molecular flexibility index (Phi) is 3.49. The Hall–Kier alpha value is -1.90. The minimum Gasteiger partial charge on any atom is -0.396 e. The number of nitrogens with zero attached hydrogens (tertiary/aromatic N) is 2. The number of para-hydroxylation sites is 1. The van der Waals surface area contributed by atoms with E-state index in [1.165, 1.54) is 0 Å². The predicted octanol–water partition coefficient (Wildman–Crippen LogP) is 3.00. The summed E-state index contributed by atoms with van der Waals surface area (Å²) in [4.78, 5) is 9.37. The first-order chi connectivity index (χ1) is 7.92. The van der Waals surface area contributed by atoms with Crippen molar-refractivity contribution < 1.29 is 4.84 Å². The highest BCUT2D eigenvalue weighted by atomic mass is 16.6. The fourth-order valence-electron chi connectivity index (χ4n) is 1.47. The second-order valence-electron chi connectivity index (χ2n) is 3.49. The molecule has 0 saturated heterocycles. The molecule has 0 spiro atoms.